The highest BCUT2D eigenvalue weighted by molar-refractivity contribution is 5.98. The molecule has 5 heteroatoms. The third kappa shape index (κ3) is 7.47. The van der Waals surface area contributed by atoms with E-state index in [0.29, 0.717) is 23.0 Å². The number of pyridine rings is 1. The van der Waals surface area contributed by atoms with Gasteiger partial charge in [0.15, 0.2) is 23.0 Å². The summed E-state index contributed by atoms with van der Waals surface area (Å²) < 4.78 is 24.4. The molecule has 5 nitrogen and oxygen atoms in total. The van der Waals surface area contributed by atoms with Crippen LogP contribution in [0.2, 0.25) is 0 Å². The number of benzene rings is 6. The Morgan fingerprint density at radius 3 is 1.48 bits per heavy atom. The average molecular weight is 832 g/mol. The number of hydrogen-bond acceptors (Lipinski definition) is 5. The predicted octanol–water partition coefficient (Wildman–Crippen LogP) is 11.4. The molecule has 2 aliphatic carbocycles. The zero-order chi connectivity index (χ0) is 44.6. The fraction of sp³-hybridized carbons (Fsp3) is 0.0833. The highest BCUT2D eigenvalue weighted by Crippen LogP contribution is 2.65. The van der Waals surface area contributed by atoms with Crippen molar-refractivity contribution in [1.82, 2.24) is 4.98 Å². The Balaban J connectivity index is 1.30. The molecule has 0 fully saturated rings. The normalized spacial score (nSPS) is 10.8. The van der Waals surface area contributed by atoms with Crippen molar-refractivity contribution in [3.05, 3.63) is 150 Å². The van der Waals surface area contributed by atoms with E-state index < -0.39 is 5.41 Å². The third-order valence-electron chi connectivity index (χ3n) is 11.1. The molecule has 1 heterocycles. The van der Waals surface area contributed by atoms with E-state index in [0.717, 1.165) is 77.7 Å². The molecule has 0 N–H and O–H groups in total. The number of fused-ring (bicyclic) bond motifs is 11. The van der Waals surface area contributed by atoms with Crippen LogP contribution in [0.4, 0.5) is 0 Å². The van der Waals surface area contributed by atoms with Gasteiger partial charge >= 0.3 is 0 Å². The van der Waals surface area contributed by atoms with Crippen molar-refractivity contribution in [2.75, 3.05) is 0 Å². The van der Waals surface area contributed by atoms with Gasteiger partial charge in [0.1, 0.15) is 24.4 Å². The van der Waals surface area contributed by atoms with Crippen LogP contribution in [0.15, 0.2) is 128 Å². The Hall–Kier alpha value is -9.59. The number of ether oxygens (including phenoxy) is 4. The summed E-state index contributed by atoms with van der Waals surface area (Å²) in [5.41, 5.74) is 10.9. The molecule has 0 atom stereocenters. The van der Waals surface area contributed by atoms with Crippen LogP contribution < -0.4 is 18.9 Å². The van der Waals surface area contributed by atoms with Crippen molar-refractivity contribution in [2.24, 2.45) is 0 Å². The maximum atomic E-state index is 6.14. The summed E-state index contributed by atoms with van der Waals surface area (Å²) in [6.07, 6.45) is 12.7. The van der Waals surface area contributed by atoms with Gasteiger partial charge in [0, 0.05) is 40.8 Å². The molecule has 7 aromatic rings. The van der Waals surface area contributed by atoms with E-state index in [4.69, 9.17) is 23.9 Å². The number of aromatic nitrogens is 1. The highest BCUT2D eigenvalue weighted by atomic mass is 16.5. The first-order valence-corrected chi connectivity index (χ1v) is 20.5. The number of hydrogen-bond donors (Lipinski definition) is 0. The van der Waals surface area contributed by atoms with Gasteiger partial charge in [-0.2, -0.15) is 0 Å². The van der Waals surface area contributed by atoms with Crippen LogP contribution in [0, 0.1) is 95.5 Å². The third-order valence-corrected chi connectivity index (χ3v) is 11.1. The molecule has 0 saturated carbocycles. The van der Waals surface area contributed by atoms with Crippen molar-refractivity contribution in [1.29, 1.82) is 0 Å². The minimum atomic E-state index is -0.900. The van der Waals surface area contributed by atoms with Gasteiger partial charge in [-0.15, -0.1) is 0 Å². The second kappa shape index (κ2) is 18.2. The molecule has 6 aromatic carbocycles. The first kappa shape index (κ1) is 40.8. The summed E-state index contributed by atoms with van der Waals surface area (Å²) in [7, 11) is 0. The summed E-state index contributed by atoms with van der Waals surface area (Å²) in [6, 6.07) is 41.8. The molecule has 0 aliphatic heterocycles. The topological polar surface area (TPSA) is 49.8 Å². The van der Waals surface area contributed by atoms with Crippen LogP contribution in [0.25, 0.3) is 55.4 Å². The quantitative estimate of drug-likeness (QED) is 0.156. The summed E-state index contributed by atoms with van der Waals surface area (Å²) in [5, 5.41) is 2.24. The van der Waals surface area contributed by atoms with E-state index in [1.807, 2.05) is 48.7 Å². The van der Waals surface area contributed by atoms with Gasteiger partial charge in [-0.1, -0.05) is 103 Å². The fourth-order valence-electron chi connectivity index (χ4n) is 8.56. The number of nitrogens with zero attached hydrogens (tertiary/aromatic N) is 1. The first-order valence-electron chi connectivity index (χ1n) is 20.5. The molecule has 1 spiro atoms. The Morgan fingerprint density at radius 1 is 0.385 bits per heavy atom. The van der Waals surface area contributed by atoms with Crippen LogP contribution in [0.1, 0.15) is 49.9 Å². The van der Waals surface area contributed by atoms with E-state index in [1.165, 1.54) is 0 Å². The maximum absolute atomic E-state index is 6.14. The Kier molecular flexibility index (Phi) is 11.4. The van der Waals surface area contributed by atoms with E-state index in [-0.39, 0.29) is 0 Å². The van der Waals surface area contributed by atoms with Gasteiger partial charge in [0.25, 0.3) is 0 Å². The molecular formula is C60H33NO4. The molecule has 0 radical (unpaired) electrons. The molecule has 0 saturated heterocycles. The van der Waals surface area contributed by atoms with E-state index >= 15 is 0 Å². The zero-order valence-electron chi connectivity index (χ0n) is 35.7. The second-order valence-electron chi connectivity index (χ2n) is 14.5. The minimum absolute atomic E-state index is 0.336. The largest absolute Gasteiger partial charge is 0.403 e. The average Bonchev–Trinajstić information content (AvgIpc) is 3.79. The summed E-state index contributed by atoms with van der Waals surface area (Å²) in [4.78, 5) is 4.83. The molecule has 0 bridgehead atoms. The van der Waals surface area contributed by atoms with Crippen molar-refractivity contribution in [3.8, 4) is 163 Å². The summed E-state index contributed by atoms with van der Waals surface area (Å²) in [5.74, 6) is 34.4. The molecule has 1 aromatic heterocycles. The monoisotopic (exact) mass is 831 g/mol. The molecular weight excluding hydrogens is 799 g/mol. The van der Waals surface area contributed by atoms with Crippen LogP contribution in [-0.4, -0.2) is 4.98 Å². The van der Waals surface area contributed by atoms with E-state index in [2.05, 4.69) is 174 Å². The lowest BCUT2D eigenvalue weighted by Crippen LogP contribution is -2.26. The molecule has 65 heavy (non-hydrogen) atoms. The van der Waals surface area contributed by atoms with Crippen molar-refractivity contribution < 1.29 is 18.9 Å². The van der Waals surface area contributed by atoms with Crippen LogP contribution >= 0.6 is 0 Å². The zero-order valence-corrected chi connectivity index (χ0v) is 35.7. The molecule has 0 unspecified atom stereocenters. The van der Waals surface area contributed by atoms with Crippen molar-refractivity contribution in [3.63, 3.8) is 0 Å². The standard InChI is InChI=1S/C60H33NO4/c1-5-9-17-32-62-55-38-49-50-39-56(63-33-18-10-6-2)58(65-35-20-12-8-4)41-54(50)60(53(49)40-57(55)64-34-19-11-7-3)51-27-16-15-26-47(51)48-37-44(28-29-52(48)60)43-23-21-24-45(36-43)59-46-25-14-13-22-42(46)30-31-61-59/h13-16,21-31,36-41H,1-4H3. The Labute approximate surface area is 379 Å². The van der Waals surface area contributed by atoms with Gasteiger partial charge in [0.05, 0.1) is 11.1 Å². The first-order chi connectivity index (χ1) is 32.1. The van der Waals surface area contributed by atoms with Crippen LogP contribution in [-0.2, 0) is 5.41 Å². The van der Waals surface area contributed by atoms with Gasteiger partial charge in [0.2, 0.25) is 0 Å². The summed E-state index contributed by atoms with van der Waals surface area (Å²) in [6.45, 7) is 6.84. The van der Waals surface area contributed by atoms with Crippen LogP contribution in [0.3, 0.4) is 0 Å². The smallest absolute Gasteiger partial charge is 0.184 e. The fourth-order valence-corrected chi connectivity index (χ4v) is 8.56. The van der Waals surface area contributed by atoms with E-state index in [1.54, 1.807) is 27.7 Å². The molecule has 2 aliphatic rings. The minimum Gasteiger partial charge on any atom is -0.403 e. The van der Waals surface area contributed by atoms with Gasteiger partial charge in [-0.05, 0) is 155 Å². The van der Waals surface area contributed by atoms with Crippen LogP contribution in [0.5, 0.6) is 23.0 Å². The highest BCUT2D eigenvalue weighted by Gasteiger charge is 2.53. The lowest BCUT2D eigenvalue weighted by atomic mass is 9.70. The Bertz CT molecular complexity index is 3530. The van der Waals surface area contributed by atoms with Gasteiger partial charge < -0.3 is 18.9 Å². The van der Waals surface area contributed by atoms with Crippen molar-refractivity contribution in [2.45, 2.75) is 33.1 Å². The van der Waals surface area contributed by atoms with Gasteiger partial charge in [-0.3, -0.25) is 4.98 Å². The van der Waals surface area contributed by atoms with Crippen molar-refractivity contribution >= 4 is 10.8 Å². The maximum Gasteiger partial charge on any atom is 0.184 e. The molecule has 302 valence electrons. The van der Waals surface area contributed by atoms with E-state index in [9.17, 15) is 0 Å². The summed E-state index contributed by atoms with van der Waals surface area (Å²) >= 11 is 0. The second-order valence-corrected chi connectivity index (χ2v) is 14.5. The van der Waals surface area contributed by atoms with Gasteiger partial charge in [-0.25, -0.2) is 0 Å². The predicted molar refractivity (Wildman–Crippen MR) is 256 cm³/mol. The lowest BCUT2D eigenvalue weighted by Gasteiger charge is -2.31. The Morgan fingerprint density at radius 2 is 0.877 bits per heavy atom. The molecule has 9 rings (SSSR count). The molecule has 0 amide bonds. The number of rotatable bonds is 6. The lowest BCUT2D eigenvalue weighted by molar-refractivity contribution is 0.451. The SMILES string of the molecule is CC#CC#COc1cc2c(cc1OC#CC#CC)C1(c3ccccc3-c3cc(-c4cccc(-c5nccc6ccccc56)c4)ccc31)c1cc(OC#CC#CC)c(OC#CC#CC)cc1-2.